The van der Waals surface area contributed by atoms with Crippen LogP contribution < -0.4 is 10.9 Å². The van der Waals surface area contributed by atoms with Crippen molar-refractivity contribution >= 4 is 34.1 Å². The predicted octanol–water partition coefficient (Wildman–Crippen LogP) is 3.28. The largest absolute Gasteiger partial charge is 0.506 e. The second kappa shape index (κ2) is 5.73. The van der Waals surface area contributed by atoms with Gasteiger partial charge in [0, 0.05) is 16.5 Å². The smallest absolute Gasteiger partial charge is 0.256 e. The van der Waals surface area contributed by atoms with Gasteiger partial charge in [-0.2, -0.15) is 0 Å². The van der Waals surface area contributed by atoms with Crippen molar-refractivity contribution in [2.75, 3.05) is 5.32 Å². The number of anilines is 1. The number of phenolic OH excluding ortho intramolecular Hbond substituents is 1. The monoisotopic (exact) mass is 332 g/mol. The van der Waals surface area contributed by atoms with Crippen LogP contribution in [0.5, 0.6) is 5.75 Å². The molecule has 1 heterocycles. The molecule has 3 N–H and O–H groups in total. The molecule has 7 heteroatoms. The van der Waals surface area contributed by atoms with E-state index >= 15 is 0 Å². The SMILES string of the molecule is O=C(Nc1cc(Cl)ccc1O)c1cc(=O)[nH]c2cc(F)ccc12. The van der Waals surface area contributed by atoms with Crippen molar-refractivity contribution in [1.82, 2.24) is 4.98 Å². The third-order valence-corrected chi connectivity index (χ3v) is 3.49. The van der Waals surface area contributed by atoms with Crippen LogP contribution in [0.25, 0.3) is 10.9 Å². The summed E-state index contributed by atoms with van der Waals surface area (Å²) in [6.45, 7) is 0. The van der Waals surface area contributed by atoms with Crippen molar-refractivity contribution in [3.8, 4) is 5.75 Å². The molecule has 0 aliphatic heterocycles. The molecule has 3 aromatic rings. The van der Waals surface area contributed by atoms with Gasteiger partial charge in [-0.15, -0.1) is 0 Å². The fourth-order valence-electron chi connectivity index (χ4n) is 2.22. The molecular weight excluding hydrogens is 323 g/mol. The Morgan fingerprint density at radius 2 is 1.96 bits per heavy atom. The van der Waals surface area contributed by atoms with E-state index in [1.54, 1.807) is 0 Å². The van der Waals surface area contributed by atoms with Crippen molar-refractivity contribution in [2.45, 2.75) is 0 Å². The summed E-state index contributed by atoms with van der Waals surface area (Å²) in [5.74, 6) is -1.31. The number of carbonyl (C=O) groups is 1. The highest BCUT2D eigenvalue weighted by atomic mass is 35.5. The lowest BCUT2D eigenvalue weighted by molar-refractivity contribution is 0.102. The molecule has 0 radical (unpaired) electrons. The summed E-state index contributed by atoms with van der Waals surface area (Å²) >= 11 is 5.82. The summed E-state index contributed by atoms with van der Waals surface area (Å²) in [5, 5.41) is 12.9. The molecule has 0 unspecified atom stereocenters. The number of amides is 1. The number of benzene rings is 2. The number of aromatic hydroxyl groups is 1. The second-order valence-electron chi connectivity index (χ2n) is 4.85. The standard InChI is InChI=1S/C16H10ClFN2O3/c17-8-1-4-14(21)13(5-8)20-16(23)11-7-15(22)19-12-6-9(18)2-3-10(11)12/h1-7,21H,(H,19,22)(H,20,23). The van der Waals surface area contributed by atoms with E-state index in [-0.39, 0.29) is 22.5 Å². The van der Waals surface area contributed by atoms with Crippen molar-refractivity contribution in [2.24, 2.45) is 0 Å². The summed E-state index contributed by atoms with van der Waals surface area (Å²) in [5.41, 5.74) is -0.164. The Labute approximate surface area is 134 Å². The minimum absolute atomic E-state index is 0.0584. The Morgan fingerprint density at radius 1 is 1.17 bits per heavy atom. The van der Waals surface area contributed by atoms with Gasteiger partial charge in [-0.3, -0.25) is 9.59 Å². The van der Waals surface area contributed by atoms with E-state index in [0.717, 1.165) is 12.1 Å². The number of carbonyl (C=O) groups excluding carboxylic acids is 1. The van der Waals surface area contributed by atoms with E-state index in [1.807, 2.05) is 0 Å². The quantitative estimate of drug-likeness (QED) is 0.630. The Kier molecular flexibility index (Phi) is 3.75. The number of aromatic amines is 1. The predicted molar refractivity (Wildman–Crippen MR) is 85.6 cm³/mol. The van der Waals surface area contributed by atoms with Gasteiger partial charge >= 0.3 is 0 Å². The molecule has 23 heavy (non-hydrogen) atoms. The van der Waals surface area contributed by atoms with Crippen molar-refractivity contribution in [1.29, 1.82) is 0 Å². The molecule has 2 aromatic carbocycles. The molecule has 1 amide bonds. The number of aromatic nitrogens is 1. The second-order valence-corrected chi connectivity index (χ2v) is 5.29. The Balaban J connectivity index is 2.07. The molecule has 0 aliphatic rings. The van der Waals surface area contributed by atoms with Crippen LogP contribution >= 0.6 is 11.6 Å². The number of halogens is 2. The molecule has 0 aliphatic carbocycles. The summed E-state index contributed by atoms with van der Waals surface area (Å²) in [7, 11) is 0. The molecule has 3 rings (SSSR count). The number of nitrogens with one attached hydrogen (secondary N) is 2. The van der Waals surface area contributed by atoms with Gasteiger partial charge < -0.3 is 15.4 Å². The highest BCUT2D eigenvalue weighted by molar-refractivity contribution is 6.31. The van der Waals surface area contributed by atoms with E-state index in [9.17, 15) is 19.1 Å². The van der Waals surface area contributed by atoms with E-state index in [1.165, 1.54) is 30.3 Å². The summed E-state index contributed by atoms with van der Waals surface area (Å²) in [6, 6.07) is 9.01. The highest BCUT2D eigenvalue weighted by Gasteiger charge is 2.14. The molecule has 0 saturated heterocycles. The first-order valence-electron chi connectivity index (χ1n) is 6.56. The van der Waals surface area contributed by atoms with Crippen LogP contribution in [0, 0.1) is 5.82 Å². The van der Waals surface area contributed by atoms with Gasteiger partial charge in [-0.05, 0) is 36.4 Å². The molecule has 0 atom stereocenters. The molecule has 0 spiro atoms. The van der Waals surface area contributed by atoms with Crippen LogP contribution in [0.1, 0.15) is 10.4 Å². The van der Waals surface area contributed by atoms with Crippen LogP contribution in [0.3, 0.4) is 0 Å². The number of hydrogen-bond donors (Lipinski definition) is 3. The van der Waals surface area contributed by atoms with Crippen LogP contribution in [-0.4, -0.2) is 16.0 Å². The van der Waals surface area contributed by atoms with Gasteiger partial charge in [0.15, 0.2) is 0 Å². The number of phenols is 1. The number of hydrogen-bond acceptors (Lipinski definition) is 3. The maximum absolute atomic E-state index is 13.3. The van der Waals surface area contributed by atoms with Gasteiger partial charge in [0.2, 0.25) is 5.56 Å². The van der Waals surface area contributed by atoms with E-state index < -0.39 is 17.3 Å². The van der Waals surface area contributed by atoms with Gasteiger partial charge in [-0.1, -0.05) is 11.6 Å². The minimum Gasteiger partial charge on any atom is -0.506 e. The van der Waals surface area contributed by atoms with Crippen molar-refractivity contribution in [3.63, 3.8) is 0 Å². The molecule has 0 bridgehead atoms. The summed E-state index contributed by atoms with van der Waals surface area (Å²) in [4.78, 5) is 26.5. The Morgan fingerprint density at radius 3 is 2.74 bits per heavy atom. The topological polar surface area (TPSA) is 82.2 Å². The third kappa shape index (κ3) is 3.02. The van der Waals surface area contributed by atoms with Gasteiger partial charge in [0.25, 0.3) is 5.91 Å². The first-order chi connectivity index (χ1) is 10.9. The minimum atomic E-state index is -0.620. The zero-order valence-corrected chi connectivity index (χ0v) is 12.3. The molecule has 116 valence electrons. The number of H-pyrrole nitrogens is 1. The Bertz CT molecular complexity index is 985. The first-order valence-corrected chi connectivity index (χ1v) is 6.94. The maximum atomic E-state index is 13.3. The average Bonchev–Trinajstić information content (AvgIpc) is 2.49. The van der Waals surface area contributed by atoms with E-state index in [2.05, 4.69) is 10.3 Å². The zero-order chi connectivity index (χ0) is 16.6. The maximum Gasteiger partial charge on any atom is 0.256 e. The summed E-state index contributed by atoms with van der Waals surface area (Å²) < 4.78 is 13.3. The van der Waals surface area contributed by atoms with E-state index in [0.29, 0.717) is 10.4 Å². The molecule has 1 aromatic heterocycles. The summed E-state index contributed by atoms with van der Waals surface area (Å²) in [6.07, 6.45) is 0. The van der Waals surface area contributed by atoms with Crippen molar-refractivity contribution in [3.05, 3.63) is 69.2 Å². The lowest BCUT2D eigenvalue weighted by atomic mass is 10.1. The fraction of sp³-hybridized carbons (Fsp3) is 0. The first kappa shape index (κ1) is 15.1. The highest BCUT2D eigenvalue weighted by Crippen LogP contribution is 2.27. The normalized spacial score (nSPS) is 10.7. The zero-order valence-electron chi connectivity index (χ0n) is 11.6. The van der Waals surface area contributed by atoms with Gasteiger partial charge in [0.1, 0.15) is 11.6 Å². The lowest BCUT2D eigenvalue weighted by Gasteiger charge is -2.09. The molecule has 0 fully saturated rings. The fourth-order valence-corrected chi connectivity index (χ4v) is 2.39. The van der Waals surface area contributed by atoms with Crippen molar-refractivity contribution < 1.29 is 14.3 Å². The molecular formula is C16H10ClFN2O3. The third-order valence-electron chi connectivity index (χ3n) is 3.26. The Hall–Kier alpha value is -2.86. The number of rotatable bonds is 2. The molecule has 5 nitrogen and oxygen atoms in total. The molecule has 0 saturated carbocycles. The average molecular weight is 333 g/mol. The van der Waals surface area contributed by atoms with Crippen LogP contribution in [0.15, 0.2) is 47.3 Å². The van der Waals surface area contributed by atoms with Gasteiger partial charge in [-0.25, -0.2) is 4.39 Å². The van der Waals surface area contributed by atoms with E-state index in [4.69, 9.17) is 11.6 Å². The van der Waals surface area contributed by atoms with Crippen LogP contribution in [0.4, 0.5) is 10.1 Å². The van der Waals surface area contributed by atoms with Gasteiger partial charge in [0.05, 0.1) is 16.8 Å². The van der Waals surface area contributed by atoms with Crippen LogP contribution in [0.2, 0.25) is 5.02 Å². The lowest BCUT2D eigenvalue weighted by Crippen LogP contribution is -2.17. The number of fused-ring (bicyclic) bond motifs is 1. The van der Waals surface area contributed by atoms with Crippen LogP contribution in [-0.2, 0) is 0 Å². The number of pyridine rings is 1.